The number of rotatable bonds is 4. The van der Waals surface area contributed by atoms with Crippen LogP contribution in [0.4, 0.5) is 5.00 Å². The second-order valence-corrected chi connectivity index (χ2v) is 7.92. The summed E-state index contributed by atoms with van der Waals surface area (Å²) in [5, 5.41) is 15.1. The van der Waals surface area contributed by atoms with Crippen LogP contribution in [0.2, 0.25) is 0 Å². The monoisotopic (exact) mass is 481 g/mol. The van der Waals surface area contributed by atoms with Crippen LogP contribution in [0.5, 0.6) is 5.75 Å². The zero-order valence-electron chi connectivity index (χ0n) is 15.4. The lowest BCUT2D eigenvalue weighted by atomic mass is 10.1. The number of hydrogen-bond donors (Lipinski definition) is 2. The Morgan fingerprint density at radius 1 is 1.29 bits per heavy atom. The molecule has 146 valence electrons. The van der Waals surface area contributed by atoms with Crippen LogP contribution >= 0.6 is 39.5 Å². The summed E-state index contributed by atoms with van der Waals surface area (Å²) in [4.78, 5) is 24.8. The molecule has 1 heterocycles. The molecule has 0 atom stereocenters. The Bertz CT molecular complexity index is 1010. The molecule has 0 radical (unpaired) electrons. The zero-order chi connectivity index (χ0) is 21.0. The largest absolute Gasteiger partial charge is 0.496 e. The molecule has 0 bridgehead atoms. The smallest absolute Gasteiger partial charge is 0.348 e. The van der Waals surface area contributed by atoms with Crippen LogP contribution in [0.3, 0.4) is 0 Å². The molecule has 0 aliphatic heterocycles. The van der Waals surface area contributed by atoms with Crippen molar-refractivity contribution in [2.75, 3.05) is 19.5 Å². The van der Waals surface area contributed by atoms with Crippen molar-refractivity contribution >= 4 is 61.5 Å². The molecule has 1 aromatic heterocycles. The first kappa shape index (κ1) is 21.8. The van der Waals surface area contributed by atoms with Gasteiger partial charge >= 0.3 is 5.97 Å². The van der Waals surface area contributed by atoms with E-state index in [1.165, 1.54) is 14.2 Å². The van der Waals surface area contributed by atoms with Crippen molar-refractivity contribution < 1.29 is 19.1 Å². The summed E-state index contributed by atoms with van der Waals surface area (Å²) in [5.74, 6) is -0.587. The van der Waals surface area contributed by atoms with Gasteiger partial charge in [-0.1, -0.05) is 15.9 Å². The van der Waals surface area contributed by atoms with Gasteiger partial charge in [-0.05, 0) is 49.3 Å². The molecular weight excluding hydrogens is 466 g/mol. The molecule has 0 saturated carbocycles. The predicted molar refractivity (Wildman–Crippen MR) is 114 cm³/mol. The number of anilines is 1. The van der Waals surface area contributed by atoms with E-state index in [4.69, 9.17) is 21.7 Å². The number of carbonyl (C=O) groups excluding carboxylic acids is 2. The molecule has 1 amide bonds. The first-order valence-electron chi connectivity index (χ1n) is 7.81. The Morgan fingerprint density at radius 3 is 2.54 bits per heavy atom. The fourth-order valence-electron chi connectivity index (χ4n) is 2.50. The Hall–Kier alpha value is -2.48. The van der Waals surface area contributed by atoms with Crippen LogP contribution in [-0.4, -0.2) is 31.2 Å². The molecule has 2 rings (SSSR count). The number of nitrogens with one attached hydrogen (secondary N) is 2. The van der Waals surface area contributed by atoms with E-state index in [1.54, 1.807) is 13.0 Å². The van der Waals surface area contributed by atoms with Gasteiger partial charge in [-0.15, -0.1) is 11.3 Å². The van der Waals surface area contributed by atoms with Gasteiger partial charge in [0.05, 0.1) is 25.3 Å². The van der Waals surface area contributed by atoms with Crippen LogP contribution in [0.25, 0.3) is 0 Å². The molecule has 7 nitrogen and oxygen atoms in total. The van der Waals surface area contributed by atoms with E-state index in [2.05, 4.69) is 26.6 Å². The summed E-state index contributed by atoms with van der Waals surface area (Å²) in [6, 6.07) is 5.48. The van der Waals surface area contributed by atoms with E-state index in [0.717, 1.165) is 21.4 Å². The molecule has 0 aliphatic rings. The fourth-order valence-corrected chi connectivity index (χ4v) is 4.41. The number of carbonyl (C=O) groups is 2. The summed E-state index contributed by atoms with van der Waals surface area (Å²) in [6.45, 7) is 3.46. The van der Waals surface area contributed by atoms with Crippen LogP contribution in [0.15, 0.2) is 16.6 Å². The lowest BCUT2D eigenvalue weighted by molar-refractivity contribution is 0.0605. The normalized spacial score (nSPS) is 10.0. The van der Waals surface area contributed by atoms with Crippen molar-refractivity contribution in [3.05, 3.63) is 43.7 Å². The molecule has 0 unspecified atom stereocenters. The number of hydrogen-bond acceptors (Lipinski definition) is 7. The molecule has 2 aromatic rings. The highest BCUT2D eigenvalue weighted by atomic mass is 79.9. The average molecular weight is 482 g/mol. The van der Waals surface area contributed by atoms with Crippen molar-refractivity contribution in [3.63, 3.8) is 0 Å². The number of methoxy groups -OCH3 is 2. The molecule has 2 N–H and O–H groups in total. The maximum absolute atomic E-state index is 12.6. The van der Waals surface area contributed by atoms with Gasteiger partial charge < -0.3 is 14.8 Å². The molecule has 10 heteroatoms. The highest BCUT2D eigenvalue weighted by Gasteiger charge is 2.22. The number of amides is 1. The van der Waals surface area contributed by atoms with E-state index in [-0.39, 0.29) is 10.7 Å². The molecule has 1 aromatic carbocycles. The highest BCUT2D eigenvalue weighted by molar-refractivity contribution is 9.10. The lowest BCUT2D eigenvalue weighted by Crippen LogP contribution is -2.34. The quantitative estimate of drug-likeness (QED) is 0.503. The van der Waals surface area contributed by atoms with E-state index in [1.807, 2.05) is 19.1 Å². The fraction of sp³-hybridized carbons (Fsp3) is 0.222. The van der Waals surface area contributed by atoms with Crippen LogP contribution in [-0.2, 0) is 4.74 Å². The zero-order valence-corrected chi connectivity index (χ0v) is 18.6. The number of thiocarbonyl (C=S) groups is 1. The second kappa shape index (κ2) is 9.14. The van der Waals surface area contributed by atoms with Gasteiger partial charge in [-0.3, -0.25) is 10.1 Å². The number of aryl methyl sites for hydroxylation is 1. The summed E-state index contributed by atoms with van der Waals surface area (Å²) in [5.41, 5.74) is 1.83. The Balaban J connectivity index is 2.25. The van der Waals surface area contributed by atoms with Crippen molar-refractivity contribution in [2.24, 2.45) is 0 Å². The van der Waals surface area contributed by atoms with Gasteiger partial charge in [0.1, 0.15) is 21.7 Å². The van der Waals surface area contributed by atoms with Crippen molar-refractivity contribution in [1.29, 1.82) is 5.26 Å². The van der Waals surface area contributed by atoms with E-state index in [0.29, 0.717) is 26.8 Å². The average Bonchev–Trinajstić information content (AvgIpc) is 2.95. The van der Waals surface area contributed by atoms with Crippen LogP contribution < -0.4 is 15.4 Å². The number of nitrogens with zero attached hydrogens (tertiary/aromatic N) is 1. The Morgan fingerprint density at radius 2 is 1.96 bits per heavy atom. The van der Waals surface area contributed by atoms with E-state index in [9.17, 15) is 14.9 Å². The third kappa shape index (κ3) is 4.49. The van der Waals surface area contributed by atoms with Gasteiger partial charge in [-0.2, -0.15) is 5.26 Å². The first-order chi connectivity index (χ1) is 13.2. The summed E-state index contributed by atoms with van der Waals surface area (Å²) >= 11 is 9.58. The topological polar surface area (TPSA) is 100 Å². The Labute approximate surface area is 179 Å². The number of nitriles is 1. The minimum Gasteiger partial charge on any atom is -0.496 e. The number of esters is 1. The SMILES string of the molecule is COC(=O)c1sc(NC(=S)NC(=O)c2cc(Br)cc(C)c2OC)c(C#N)c1C. The van der Waals surface area contributed by atoms with Crippen LogP contribution in [0, 0.1) is 25.2 Å². The van der Waals surface area contributed by atoms with Gasteiger partial charge in [0, 0.05) is 4.47 Å². The molecule has 0 saturated heterocycles. The predicted octanol–water partition coefficient (Wildman–Crippen LogP) is 3.92. The summed E-state index contributed by atoms with van der Waals surface area (Å²) in [7, 11) is 2.74. The van der Waals surface area contributed by atoms with Crippen molar-refractivity contribution in [2.45, 2.75) is 13.8 Å². The molecule has 0 spiro atoms. The number of ether oxygens (including phenoxy) is 2. The molecular formula is C18H16BrN3O4S2. The minimum absolute atomic E-state index is 0.0150. The van der Waals surface area contributed by atoms with Crippen LogP contribution in [0.1, 0.15) is 36.7 Å². The van der Waals surface area contributed by atoms with Crippen molar-refractivity contribution in [1.82, 2.24) is 5.32 Å². The maximum Gasteiger partial charge on any atom is 0.348 e. The third-order valence-corrected chi connectivity index (χ3v) is 5.62. The Kier molecular flexibility index (Phi) is 7.12. The number of benzene rings is 1. The minimum atomic E-state index is -0.545. The molecule has 0 aliphatic carbocycles. The highest BCUT2D eigenvalue weighted by Crippen LogP contribution is 2.33. The van der Waals surface area contributed by atoms with Gasteiger partial charge in [0.15, 0.2) is 5.11 Å². The second-order valence-electron chi connectivity index (χ2n) is 5.58. The van der Waals surface area contributed by atoms with Gasteiger partial charge in [-0.25, -0.2) is 4.79 Å². The van der Waals surface area contributed by atoms with Crippen molar-refractivity contribution in [3.8, 4) is 11.8 Å². The third-order valence-electron chi connectivity index (χ3n) is 3.77. The summed E-state index contributed by atoms with van der Waals surface area (Å²) in [6.07, 6.45) is 0. The first-order valence-corrected chi connectivity index (χ1v) is 9.83. The lowest BCUT2D eigenvalue weighted by Gasteiger charge is -2.13. The van der Waals surface area contributed by atoms with Gasteiger partial charge in [0.2, 0.25) is 0 Å². The molecule has 0 fully saturated rings. The molecule has 28 heavy (non-hydrogen) atoms. The number of halogens is 1. The van der Waals surface area contributed by atoms with E-state index >= 15 is 0 Å². The maximum atomic E-state index is 12.6. The van der Waals surface area contributed by atoms with E-state index < -0.39 is 11.9 Å². The number of thiophene rings is 1. The summed E-state index contributed by atoms with van der Waals surface area (Å²) < 4.78 is 10.7. The standard InChI is InChI=1S/C18H16BrN3O4S2/c1-8-5-10(19)6-11(13(8)25-3)15(23)21-18(27)22-16-12(7-20)9(2)14(28-16)17(24)26-4/h5-6H,1-4H3,(H2,21,22,23,27). The van der Waals surface area contributed by atoms with Gasteiger partial charge in [0.25, 0.3) is 5.91 Å².